The van der Waals surface area contributed by atoms with Gasteiger partial charge in [-0.05, 0) is 57.0 Å². The Kier molecular flexibility index (Phi) is 5.40. The van der Waals surface area contributed by atoms with Gasteiger partial charge < -0.3 is 29.6 Å². The summed E-state index contributed by atoms with van der Waals surface area (Å²) in [6.07, 6.45) is 1.22. The summed E-state index contributed by atoms with van der Waals surface area (Å²) < 4.78 is 11.8. The lowest BCUT2D eigenvalue weighted by Gasteiger charge is -2.46. The first kappa shape index (κ1) is 21.3. The fourth-order valence-electron chi connectivity index (χ4n) is 5.43. The maximum atomic E-state index is 11.1. The molecule has 3 aromatic rings. The number of hydrogen-bond donors (Lipinski definition) is 3. The number of likely N-dealkylation sites (tertiary alicyclic amines) is 1. The van der Waals surface area contributed by atoms with Gasteiger partial charge in [-0.25, -0.2) is 0 Å². The zero-order valence-electron chi connectivity index (χ0n) is 19.0. The van der Waals surface area contributed by atoms with Gasteiger partial charge >= 0.3 is 0 Å². The Bertz CT molecular complexity index is 1130. The Morgan fingerprint density at radius 3 is 2.72 bits per heavy atom. The van der Waals surface area contributed by atoms with E-state index in [1.54, 1.807) is 7.11 Å². The van der Waals surface area contributed by atoms with Crippen LogP contribution in [0.2, 0.25) is 0 Å². The van der Waals surface area contributed by atoms with E-state index in [0.29, 0.717) is 13.0 Å². The number of ether oxygens (including phenoxy) is 2. The number of aryl methyl sites for hydroxylation is 2. The molecular weight excluding hydrogens is 404 g/mol. The van der Waals surface area contributed by atoms with Crippen LogP contribution in [0, 0.1) is 13.8 Å². The Morgan fingerprint density at radius 1 is 1.19 bits per heavy atom. The zero-order chi connectivity index (χ0) is 22.5. The number of H-pyrrole nitrogens is 1. The van der Waals surface area contributed by atoms with Crippen molar-refractivity contribution >= 4 is 10.9 Å². The predicted molar refractivity (Wildman–Crippen MR) is 124 cm³/mol. The lowest BCUT2D eigenvalue weighted by Crippen LogP contribution is -2.51. The first-order valence-corrected chi connectivity index (χ1v) is 11.4. The molecule has 170 valence electrons. The first-order chi connectivity index (χ1) is 15.4. The predicted octanol–water partition coefficient (Wildman–Crippen LogP) is 4.18. The number of aliphatic hydroxyl groups excluding tert-OH is 2. The summed E-state index contributed by atoms with van der Waals surface area (Å²) in [4.78, 5) is 5.68. The molecule has 2 aliphatic rings. The van der Waals surface area contributed by atoms with Crippen molar-refractivity contribution in [3.05, 3.63) is 58.8 Å². The van der Waals surface area contributed by atoms with Gasteiger partial charge in [0.15, 0.2) is 0 Å². The molecular formula is C26H32N2O4. The van der Waals surface area contributed by atoms with Gasteiger partial charge in [-0.1, -0.05) is 11.6 Å². The number of β-amino-alcohol motifs (C(OH)–C–C–N with tert-alkyl or cyclic N) is 1. The minimum absolute atomic E-state index is 0.326. The summed E-state index contributed by atoms with van der Waals surface area (Å²) in [6.45, 7) is 6.27. The van der Waals surface area contributed by atoms with Crippen LogP contribution in [-0.2, 0) is 0 Å². The monoisotopic (exact) mass is 436 g/mol. The second kappa shape index (κ2) is 8.10. The first-order valence-electron chi connectivity index (χ1n) is 11.4. The standard InChI is InChI=1S/C26H32N2O4/c1-16-4-7-24-20(12-16)22(29)14-26(32-24)8-10-28(11-9-26)15-23(30)25-17(2)27-21-6-5-18(31-3)13-19(21)25/h4-7,12-13,22-23,27,29-30H,8-11,14-15H2,1-3H3/t22-,23+/m1/s1. The highest BCUT2D eigenvalue weighted by molar-refractivity contribution is 5.86. The molecule has 0 bridgehead atoms. The average Bonchev–Trinajstić information content (AvgIpc) is 3.11. The third-order valence-corrected chi connectivity index (χ3v) is 7.19. The van der Waals surface area contributed by atoms with Crippen molar-refractivity contribution in [2.75, 3.05) is 26.7 Å². The molecule has 1 fully saturated rings. The molecule has 6 heteroatoms. The van der Waals surface area contributed by atoms with Gasteiger partial charge in [-0.15, -0.1) is 0 Å². The SMILES string of the molecule is COc1ccc2[nH]c(C)c([C@@H](O)CN3CCC4(CC3)C[C@@H](O)c3cc(C)ccc3O4)c2c1. The highest BCUT2D eigenvalue weighted by atomic mass is 16.5. The number of aromatic nitrogens is 1. The van der Waals surface area contributed by atoms with E-state index < -0.39 is 12.2 Å². The van der Waals surface area contributed by atoms with Crippen LogP contribution in [0.25, 0.3) is 10.9 Å². The molecule has 1 spiro atoms. The average molecular weight is 437 g/mol. The fourth-order valence-corrected chi connectivity index (χ4v) is 5.43. The van der Waals surface area contributed by atoms with E-state index in [1.807, 2.05) is 50.2 Å². The summed E-state index contributed by atoms with van der Waals surface area (Å²) in [5.74, 6) is 1.60. The molecule has 32 heavy (non-hydrogen) atoms. The third kappa shape index (κ3) is 3.76. The topological polar surface area (TPSA) is 78.0 Å². The van der Waals surface area contributed by atoms with Crippen LogP contribution in [-0.4, -0.2) is 52.4 Å². The number of benzene rings is 2. The van der Waals surface area contributed by atoms with E-state index >= 15 is 0 Å². The van der Waals surface area contributed by atoms with E-state index in [4.69, 9.17) is 9.47 Å². The van der Waals surface area contributed by atoms with Gasteiger partial charge in [-0.2, -0.15) is 0 Å². The van der Waals surface area contributed by atoms with Crippen molar-refractivity contribution in [1.82, 2.24) is 9.88 Å². The highest BCUT2D eigenvalue weighted by Crippen LogP contribution is 2.44. The van der Waals surface area contributed by atoms with Gasteiger partial charge in [0.25, 0.3) is 0 Å². The largest absolute Gasteiger partial charge is 0.497 e. The third-order valence-electron chi connectivity index (χ3n) is 7.19. The number of rotatable bonds is 4. The van der Waals surface area contributed by atoms with Crippen LogP contribution >= 0.6 is 0 Å². The van der Waals surface area contributed by atoms with E-state index in [-0.39, 0.29) is 5.60 Å². The van der Waals surface area contributed by atoms with Crippen LogP contribution in [0.4, 0.5) is 0 Å². The molecule has 6 nitrogen and oxygen atoms in total. The molecule has 3 heterocycles. The second-order valence-corrected chi connectivity index (χ2v) is 9.44. The van der Waals surface area contributed by atoms with Crippen molar-refractivity contribution in [3.8, 4) is 11.5 Å². The molecule has 2 aliphatic heterocycles. The number of fused-ring (bicyclic) bond motifs is 2. The van der Waals surface area contributed by atoms with Gasteiger partial charge in [0, 0.05) is 53.8 Å². The quantitative estimate of drug-likeness (QED) is 0.572. The Labute approximate surface area is 188 Å². The number of hydrogen-bond acceptors (Lipinski definition) is 5. The number of nitrogens with one attached hydrogen (secondary N) is 1. The minimum Gasteiger partial charge on any atom is -0.497 e. The van der Waals surface area contributed by atoms with Crippen LogP contribution in [0.3, 0.4) is 0 Å². The lowest BCUT2D eigenvalue weighted by atomic mass is 9.81. The van der Waals surface area contributed by atoms with Crippen molar-refractivity contribution in [3.63, 3.8) is 0 Å². The summed E-state index contributed by atoms with van der Waals surface area (Å²) >= 11 is 0. The highest BCUT2D eigenvalue weighted by Gasteiger charge is 2.43. The summed E-state index contributed by atoms with van der Waals surface area (Å²) in [5, 5.41) is 22.9. The molecule has 1 saturated heterocycles. The Balaban J connectivity index is 1.28. The van der Waals surface area contributed by atoms with Gasteiger partial charge in [0.05, 0.1) is 19.3 Å². The molecule has 2 aromatic carbocycles. The maximum absolute atomic E-state index is 11.1. The Hall–Kier alpha value is -2.54. The molecule has 5 rings (SSSR count). The van der Waals surface area contributed by atoms with Gasteiger partial charge in [0.2, 0.25) is 0 Å². The Morgan fingerprint density at radius 2 is 1.97 bits per heavy atom. The lowest BCUT2D eigenvalue weighted by molar-refractivity contribution is -0.0587. The van der Waals surface area contributed by atoms with Crippen molar-refractivity contribution < 1.29 is 19.7 Å². The van der Waals surface area contributed by atoms with E-state index in [2.05, 4.69) is 9.88 Å². The normalized spacial score (nSPS) is 21.3. The van der Waals surface area contributed by atoms with Gasteiger partial charge in [0.1, 0.15) is 17.1 Å². The molecule has 0 aliphatic carbocycles. The second-order valence-electron chi connectivity index (χ2n) is 9.44. The van der Waals surface area contributed by atoms with Crippen molar-refractivity contribution in [2.24, 2.45) is 0 Å². The maximum Gasteiger partial charge on any atom is 0.125 e. The number of nitrogens with zero attached hydrogens (tertiary/aromatic N) is 1. The number of methoxy groups -OCH3 is 1. The molecule has 0 unspecified atom stereocenters. The van der Waals surface area contributed by atoms with Crippen molar-refractivity contribution in [1.29, 1.82) is 0 Å². The fraction of sp³-hybridized carbons (Fsp3) is 0.462. The van der Waals surface area contributed by atoms with Gasteiger partial charge in [-0.3, -0.25) is 0 Å². The summed E-state index contributed by atoms with van der Waals surface area (Å²) in [5.41, 5.74) is 4.64. The number of aliphatic hydroxyl groups is 2. The summed E-state index contributed by atoms with van der Waals surface area (Å²) in [7, 11) is 1.66. The van der Waals surface area contributed by atoms with Crippen LogP contribution < -0.4 is 9.47 Å². The molecule has 1 aromatic heterocycles. The molecule has 0 amide bonds. The van der Waals surface area contributed by atoms with E-state index in [9.17, 15) is 10.2 Å². The van der Waals surface area contributed by atoms with E-state index in [1.165, 1.54) is 0 Å². The van der Waals surface area contributed by atoms with Crippen LogP contribution in [0.1, 0.15) is 53.9 Å². The molecule has 3 N–H and O–H groups in total. The van der Waals surface area contributed by atoms with Crippen LogP contribution in [0.5, 0.6) is 11.5 Å². The zero-order valence-corrected chi connectivity index (χ0v) is 19.0. The van der Waals surface area contributed by atoms with Crippen LogP contribution in [0.15, 0.2) is 36.4 Å². The number of piperidine rings is 1. The molecule has 0 saturated carbocycles. The number of aromatic amines is 1. The van der Waals surface area contributed by atoms with E-state index in [0.717, 1.165) is 70.7 Å². The minimum atomic E-state index is -0.591. The van der Waals surface area contributed by atoms with Crippen molar-refractivity contribution in [2.45, 2.75) is 50.9 Å². The molecule has 2 atom stereocenters. The summed E-state index contributed by atoms with van der Waals surface area (Å²) in [6, 6.07) is 12.0. The molecule has 0 radical (unpaired) electrons. The smallest absolute Gasteiger partial charge is 0.125 e.